The molecule has 2 N–H and O–H groups in total. The number of carbonyl (C=O) groups excluding carboxylic acids is 1. The molecule has 0 saturated heterocycles. The number of nitrogens with one attached hydrogen (secondary N) is 1. The maximum Gasteiger partial charge on any atom is 0.230 e. The van der Waals surface area contributed by atoms with Crippen molar-refractivity contribution in [3.63, 3.8) is 0 Å². The van der Waals surface area contributed by atoms with E-state index in [4.69, 9.17) is 0 Å². The molecule has 3 aromatic rings. The summed E-state index contributed by atoms with van der Waals surface area (Å²) < 4.78 is 1.53. The number of rotatable bonds is 7. The smallest absolute Gasteiger partial charge is 0.230 e. The van der Waals surface area contributed by atoms with Crippen molar-refractivity contribution in [3.8, 4) is 11.4 Å². The van der Waals surface area contributed by atoms with Crippen molar-refractivity contribution in [2.24, 2.45) is 0 Å². The lowest BCUT2D eigenvalue weighted by atomic mass is 10.3. The number of amides is 1. The summed E-state index contributed by atoms with van der Waals surface area (Å²) in [4.78, 5) is 13.2. The number of benzene rings is 1. The zero-order valence-electron chi connectivity index (χ0n) is 12.6. The highest BCUT2D eigenvalue weighted by Gasteiger charge is 2.11. The topological polar surface area (TPSA) is 92.9 Å². The SMILES string of the molecule is O=C(CSc1nnnn1-c1ccc(O)cc1)NCCc1cccs1. The van der Waals surface area contributed by atoms with Crippen LogP contribution in [0, 0.1) is 0 Å². The Morgan fingerprint density at radius 1 is 1.29 bits per heavy atom. The first-order valence-corrected chi connectivity index (χ1v) is 9.08. The van der Waals surface area contributed by atoms with E-state index in [1.807, 2.05) is 11.4 Å². The van der Waals surface area contributed by atoms with Gasteiger partial charge in [0.15, 0.2) is 0 Å². The van der Waals surface area contributed by atoms with Crippen LogP contribution in [0.2, 0.25) is 0 Å². The molecule has 7 nitrogen and oxygen atoms in total. The summed E-state index contributed by atoms with van der Waals surface area (Å²) >= 11 is 2.95. The molecule has 124 valence electrons. The van der Waals surface area contributed by atoms with Gasteiger partial charge in [0.05, 0.1) is 11.4 Å². The van der Waals surface area contributed by atoms with Crippen molar-refractivity contribution in [3.05, 3.63) is 46.7 Å². The van der Waals surface area contributed by atoms with Gasteiger partial charge in [-0.15, -0.1) is 16.4 Å². The Morgan fingerprint density at radius 2 is 2.12 bits per heavy atom. The van der Waals surface area contributed by atoms with Gasteiger partial charge in [-0.2, -0.15) is 4.68 Å². The Kier molecular flexibility index (Phi) is 5.44. The van der Waals surface area contributed by atoms with E-state index in [-0.39, 0.29) is 17.4 Å². The third-order valence-corrected chi connectivity index (χ3v) is 5.00. The highest BCUT2D eigenvalue weighted by atomic mass is 32.2. The van der Waals surface area contributed by atoms with Gasteiger partial charge < -0.3 is 10.4 Å². The van der Waals surface area contributed by atoms with Crippen molar-refractivity contribution >= 4 is 29.0 Å². The molecule has 0 bridgehead atoms. The van der Waals surface area contributed by atoms with Crippen LogP contribution in [0.4, 0.5) is 0 Å². The first-order chi connectivity index (χ1) is 11.7. The Bertz CT molecular complexity index is 787. The van der Waals surface area contributed by atoms with Crippen molar-refractivity contribution in [2.75, 3.05) is 12.3 Å². The van der Waals surface area contributed by atoms with Crippen LogP contribution in [0.15, 0.2) is 46.9 Å². The standard InChI is InChI=1S/C15H15N5O2S2/c21-12-5-3-11(4-6-12)20-15(17-18-19-20)24-10-14(22)16-8-7-13-2-1-9-23-13/h1-6,9,21H,7-8,10H2,(H,16,22). The summed E-state index contributed by atoms with van der Waals surface area (Å²) in [6, 6.07) is 10.6. The van der Waals surface area contributed by atoms with Gasteiger partial charge in [0, 0.05) is 11.4 Å². The molecule has 0 spiro atoms. The average molecular weight is 361 g/mol. The van der Waals surface area contributed by atoms with Gasteiger partial charge >= 0.3 is 0 Å². The van der Waals surface area contributed by atoms with Crippen LogP contribution in [0.1, 0.15) is 4.88 Å². The summed E-state index contributed by atoms with van der Waals surface area (Å²) in [7, 11) is 0. The monoisotopic (exact) mass is 361 g/mol. The number of carbonyl (C=O) groups is 1. The minimum atomic E-state index is -0.0585. The third-order valence-electron chi connectivity index (χ3n) is 3.14. The van der Waals surface area contributed by atoms with E-state index in [9.17, 15) is 9.90 Å². The summed E-state index contributed by atoms with van der Waals surface area (Å²) in [5, 5.41) is 26.3. The Balaban J connectivity index is 1.50. The first kappa shape index (κ1) is 16.5. The molecule has 0 atom stereocenters. The lowest BCUT2D eigenvalue weighted by molar-refractivity contribution is -0.118. The Labute approximate surface area is 146 Å². The summed E-state index contributed by atoms with van der Waals surface area (Å²) in [6.07, 6.45) is 0.833. The summed E-state index contributed by atoms with van der Waals surface area (Å²) in [5.74, 6) is 0.353. The fraction of sp³-hybridized carbons (Fsp3) is 0.200. The average Bonchev–Trinajstić information content (AvgIpc) is 3.25. The Hall–Kier alpha value is -2.39. The van der Waals surface area contributed by atoms with E-state index in [0.717, 1.165) is 12.1 Å². The molecule has 0 radical (unpaired) electrons. The predicted octanol–water partition coefficient (Wildman–Crippen LogP) is 1.88. The molecule has 2 heterocycles. The molecular formula is C15H15N5O2S2. The number of thiophene rings is 1. The predicted molar refractivity (Wildman–Crippen MR) is 92.6 cm³/mol. The van der Waals surface area contributed by atoms with Gasteiger partial charge in [0.25, 0.3) is 0 Å². The van der Waals surface area contributed by atoms with Gasteiger partial charge in [-0.25, -0.2) is 0 Å². The quantitative estimate of drug-likeness (QED) is 0.624. The minimum absolute atomic E-state index is 0.0585. The van der Waals surface area contributed by atoms with Crippen LogP contribution in [0.25, 0.3) is 5.69 Å². The number of thioether (sulfide) groups is 1. The van der Waals surface area contributed by atoms with Crippen LogP contribution >= 0.6 is 23.1 Å². The number of hydrogen-bond donors (Lipinski definition) is 2. The fourth-order valence-electron chi connectivity index (χ4n) is 1.99. The first-order valence-electron chi connectivity index (χ1n) is 7.22. The van der Waals surface area contributed by atoms with Gasteiger partial charge in [-0.1, -0.05) is 17.8 Å². The number of hydrogen-bond acceptors (Lipinski definition) is 7. The summed E-state index contributed by atoms with van der Waals surface area (Å²) in [5.41, 5.74) is 0.721. The molecule has 9 heteroatoms. The second-order valence-corrected chi connectivity index (χ2v) is 6.83. The van der Waals surface area contributed by atoms with Gasteiger partial charge in [0.2, 0.25) is 11.1 Å². The Morgan fingerprint density at radius 3 is 2.88 bits per heavy atom. The summed E-state index contributed by atoms with van der Waals surface area (Å²) in [6.45, 7) is 0.614. The van der Waals surface area contributed by atoms with E-state index < -0.39 is 0 Å². The van der Waals surface area contributed by atoms with Crippen molar-refractivity contribution < 1.29 is 9.90 Å². The van der Waals surface area contributed by atoms with Crippen molar-refractivity contribution in [1.82, 2.24) is 25.5 Å². The number of phenolic OH excluding ortho intramolecular Hbond substituents is 1. The number of phenols is 1. The molecule has 0 aliphatic carbocycles. The van der Waals surface area contributed by atoms with Crippen LogP contribution < -0.4 is 5.32 Å². The van der Waals surface area contributed by atoms with E-state index in [1.165, 1.54) is 21.3 Å². The van der Waals surface area contributed by atoms with E-state index in [2.05, 4.69) is 26.9 Å². The number of aromatic hydroxyl groups is 1. The molecule has 2 aromatic heterocycles. The van der Waals surface area contributed by atoms with E-state index in [0.29, 0.717) is 11.7 Å². The molecule has 3 rings (SSSR count). The maximum atomic E-state index is 11.9. The third kappa shape index (κ3) is 4.33. The molecule has 1 amide bonds. The van der Waals surface area contributed by atoms with E-state index >= 15 is 0 Å². The maximum absolute atomic E-state index is 11.9. The zero-order chi connectivity index (χ0) is 16.8. The highest BCUT2D eigenvalue weighted by molar-refractivity contribution is 7.99. The largest absolute Gasteiger partial charge is 0.508 e. The van der Waals surface area contributed by atoms with Crippen LogP contribution in [0.3, 0.4) is 0 Å². The number of aromatic nitrogens is 4. The lowest BCUT2D eigenvalue weighted by Gasteiger charge is -2.05. The second kappa shape index (κ2) is 7.93. The van der Waals surface area contributed by atoms with Gasteiger partial charge in [0.1, 0.15) is 5.75 Å². The van der Waals surface area contributed by atoms with Crippen LogP contribution in [0.5, 0.6) is 5.75 Å². The van der Waals surface area contributed by atoms with Crippen LogP contribution in [-0.2, 0) is 11.2 Å². The molecule has 0 unspecified atom stereocenters. The highest BCUT2D eigenvalue weighted by Crippen LogP contribution is 2.19. The molecule has 0 aliphatic rings. The molecule has 1 aromatic carbocycles. The molecule has 0 saturated carbocycles. The van der Waals surface area contributed by atoms with Crippen molar-refractivity contribution in [1.29, 1.82) is 0 Å². The lowest BCUT2D eigenvalue weighted by Crippen LogP contribution is -2.27. The zero-order valence-corrected chi connectivity index (χ0v) is 14.3. The fourth-order valence-corrected chi connectivity index (χ4v) is 3.42. The van der Waals surface area contributed by atoms with Gasteiger partial charge in [-0.3, -0.25) is 4.79 Å². The number of tetrazole rings is 1. The van der Waals surface area contributed by atoms with Gasteiger partial charge in [-0.05, 0) is 52.6 Å². The molecule has 0 aliphatic heterocycles. The normalized spacial score (nSPS) is 10.7. The second-order valence-electron chi connectivity index (χ2n) is 4.86. The van der Waals surface area contributed by atoms with Crippen LogP contribution in [-0.4, -0.2) is 43.5 Å². The minimum Gasteiger partial charge on any atom is -0.508 e. The molecular weight excluding hydrogens is 346 g/mol. The van der Waals surface area contributed by atoms with E-state index in [1.54, 1.807) is 35.6 Å². The van der Waals surface area contributed by atoms with Crippen molar-refractivity contribution in [2.45, 2.75) is 11.6 Å². The molecule has 24 heavy (non-hydrogen) atoms. The number of nitrogens with zero attached hydrogens (tertiary/aromatic N) is 4. The molecule has 0 fully saturated rings.